The minimum absolute atomic E-state index is 0.267. The molecule has 0 aliphatic heterocycles. The molecule has 2 aromatic rings. The quantitative estimate of drug-likeness (QED) is 0.464. The second-order valence-electron chi connectivity index (χ2n) is 6.45. The van der Waals surface area contributed by atoms with Crippen molar-refractivity contribution in [3.05, 3.63) is 65.5 Å². The lowest BCUT2D eigenvalue weighted by molar-refractivity contribution is -0.146. The number of amides is 1. The molecule has 0 aliphatic rings. The fraction of sp³-hybridized carbons (Fsp3) is 0.333. The van der Waals surface area contributed by atoms with Crippen molar-refractivity contribution in [2.24, 2.45) is 11.7 Å². The van der Waals surface area contributed by atoms with Gasteiger partial charge in [0.15, 0.2) is 0 Å². The summed E-state index contributed by atoms with van der Waals surface area (Å²) in [5, 5.41) is 8.90. The van der Waals surface area contributed by atoms with E-state index >= 15 is 0 Å². The predicted molar refractivity (Wildman–Crippen MR) is 99.7 cm³/mol. The molecule has 144 valence electrons. The average molecular weight is 373 g/mol. The smallest absolute Gasteiger partial charge is 0.316 e. The average Bonchev–Trinajstić information content (AvgIpc) is 2.64. The van der Waals surface area contributed by atoms with Crippen molar-refractivity contribution >= 4 is 11.9 Å². The van der Waals surface area contributed by atoms with Crippen molar-refractivity contribution in [2.45, 2.75) is 38.7 Å². The Balaban J connectivity index is 1.68. The van der Waals surface area contributed by atoms with Crippen LogP contribution in [0, 0.1) is 11.7 Å². The maximum absolute atomic E-state index is 12.9. The van der Waals surface area contributed by atoms with E-state index in [1.54, 1.807) is 12.1 Å². The maximum atomic E-state index is 12.9. The minimum atomic E-state index is -1.15. The molecule has 0 saturated carbocycles. The molecular formula is C21H24FNO4. The molecular weight excluding hydrogens is 349 g/mol. The van der Waals surface area contributed by atoms with Crippen LogP contribution in [-0.4, -0.2) is 17.0 Å². The highest BCUT2D eigenvalue weighted by Gasteiger charge is 2.22. The molecule has 3 N–H and O–H groups in total. The third kappa shape index (κ3) is 7.09. The number of carboxylic acids is 1. The van der Waals surface area contributed by atoms with Crippen molar-refractivity contribution in [1.82, 2.24) is 0 Å². The van der Waals surface area contributed by atoms with Gasteiger partial charge in [0.05, 0.1) is 0 Å². The lowest BCUT2D eigenvalue weighted by Gasteiger charge is -2.09. The molecule has 2 rings (SSSR count). The Morgan fingerprint density at radius 3 is 2.19 bits per heavy atom. The molecule has 1 unspecified atom stereocenters. The third-order valence-corrected chi connectivity index (χ3v) is 4.34. The summed E-state index contributed by atoms with van der Waals surface area (Å²) in [6.07, 6.45) is 3.53. The zero-order chi connectivity index (χ0) is 19.6. The van der Waals surface area contributed by atoms with Crippen LogP contribution >= 0.6 is 0 Å². The summed E-state index contributed by atoms with van der Waals surface area (Å²) in [7, 11) is 0. The minimum Gasteiger partial charge on any atom is -0.489 e. The van der Waals surface area contributed by atoms with E-state index in [9.17, 15) is 14.0 Å². The lowest BCUT2D eigenvalue weighted by atomic mass is 9.99. The van der Waals surface area contributed by atoms with E-state index in [0.29, 0.717) is 13.0 Å². The van der Waals surface area contributed by atoms with Gasteiger partial charge in [0.2, 0.25) is 5.91 Å². The Labute approximate surface area is 158 Å². The topological polar surface area (TPSA) is 89.6 Å². The Morgan fingerprint density at radius 1 is 0.963 bits per heavy atom. The van der Waals surface area contributed by atoms with Gasteiger partial charge in [-0.1, -0.05) is 37.1 Å². The molecule has 0 spiro atoms. The van der Waals surface area contributed by atoms with Gasteiger partial charge in [0.25, 0.3) is 0 Å². The molecule has 0 radical (unpaired) electrons. The molecule has 2 aromatic carbocycles. The van der Waals surface area contributed by atoms with E-state index in [2.05, 4.69) is 0 Å². The lowest BCUT2D eigenvalue weighted by Crippen LogP contribution is -2.30. The van der Waals surface area contributed by atoms with Crippen molar-refractivity contribution < 1.29 is 23.8 Å². The van der Waals surface area contributed by atoms with Crippen LogP contribution in [0.3, 0.4) is 0 Å². The molecule has 0 bridgehead atoms. The van der Waals surface area contributed by atoms with Crippen LogP contribution in [0.25, 0.3) is 0 Å². The number of unbranched alkanes of at least 4 members (excludes halogenated alkanes) is 2. The summed E-state index contributed by atoms with van der Waals surface area (Å²) in [6.45, 7) is 0.379. The number of carbonyl (C=O) groups excluding carboxylic acids is 1. The van der Waals surface area contributed by atoms with Gasteiger partial charge in [-0.2, -0.15) is 0 Å². The SMILES string of the molecule is NC(=O)C(CCCCCc1ccc(OCc2ccc(F)cc2)cc1)C(=O)O. The number of primary amides is 1. The van der Waals surface area contributed by atoms with E-state index in [1.165, 1.54) is 12.1 Å². The molecule has 1 amide bonds. The first-order valence-electron chi connectivity index (χ1n) is 8.94. The van der Waals surface area contributed by atoms with Crippen LogP contribution in [0.4, 0.5) is 4.39 Å². The van der Waals surface area contributed by atoms with E-state index < -0.39 is 17.8 Å². The number of ether oxygens (including phenoxy) is 1. The van der Waals surface area contributed by atoms with Gasteiger partial charge in [0, 0.05) is 0 Å². The van der Waals surface area contributed by atoms with Gasteiger partial charge in [-0.3, -0.25) is 9.59 Å². The van der Waals surface area contributed by atoms with Crippen LogP contribution in [0.1, 0.15) is 36.8 Å². The highest BCUT2D eigenvalue weighted by Crippen LogP contribution is 2.17. The van der Waals surface area contributed by atoms with Crippen LogP contribution in [0.2, 0.25) is 0 Å². The first-order chi connectivity index (χ1) is 13.0. The summed E-state index contributed by atoms with van der Waals surface area (Å²) in [4.78, 5) is 21.9. The number of nitrogens with two attached hydrogens (primary N) is 1. The summed E-state index contributed by atoms with van der Waals surface area (Å²) in [6, 6.07) is 14.0. The Hall–Kier alpha value is -2.89. The highest BCUT2D eigenvalue weighted by molar-refractivity contribution is 5.95. The fourth-order valence-corrected chi connectivity index (χ4v) is 2.74. The molecule has 27 heavy (non-hydrogen) atoms. The van der Waals surface area contributed by atoms with Crippen molar-refractivity contribution in [1.29, 1.82) is 0 Å². The van der Waals surface area contributed by atoms with Gasteiger partial charge in [-0.25, -0.2) is 4.39 Å². The second-order valence-corrected chi connectivity index (χ2v) is 6.45. The molecule has 0 aliphatic carbocycles. The second kappa shape index (κ2) is 10.3. The summed E-state index contributed by atoms with van der Waals surface area (Å²) in [5.74, 6) is -2.55. The monoisotopic (exact) mass is 373 g/mol. The Morgan fingerprint density at radius 2 is 1.59 bits per heavy atom. The number of halogens is 1. The van der Waals surface area contributed by atoms with Crippen molar-refractivity contribution in [3.63, 3.8) is 0 Å². The molecule has 0 heterocycles. The summed E-state index contributed by atoms with van der Waals surface area (Å²) >= 11 is 0. The van der Waals surface area contributed by atoms with Crippen LogP contribution in [0.15, 0.2) is 48.5 Å². The number of hydrogen-bond acceptors (Lipinski definition) is 3. The Kier molecular flexibility index (Phi) is 7.79. The van der Waals surface area contributed by atoms with Crippen molar-refractivity contribution in [3.8, 4) is 5.75 Å². The predicted octanol–water partition coefficient (Wildman–Crippen LogP) is 3.69. The number of carbonyl (C=O) groups is 2. The van der Waals surface area contributed by atoms with Gasteiger partial charge < -0.3 is 15.6 Å². The fourth-order valence-electron chi connectivity index (χ4n) is 2.74. The van der Waals surface area contributed by atoms with Crippen LogP contribution < -0.4 is 10.5 Å². The largest absolute Gasteiger partial charge is 0.489 e. The van der Waals surface area contributed by atoms with Gasteiger partial charge >= 0.3 is 5.97 Å². The summed E-state index contributed by atoms with van der Waals surface area (Å²) < 4.78 is 18.5. The Bertz CT molecular complexity index is 730. The van der Waals surface area contributed by atoms with Gasteiger partial charge in [0.1, 0.15) is 24.1 Å². The van der Waals surface area contributed by atoms with Crippen molar-refractivity contribution in [2.75, 3.05) is 0 Å². The first kappa shape index (κ1) is 20.4. The maximum Gasteiger partial charge on any atom is 0.316 e. The number of carboxylic acid groups (broad SMARTS) is 1. The summed E-state index contributed by atoms with van der Waals surface area (Å²) in [5.41, 5.74) is 7.14. The number of rotatable bonds is 11. The molecule has 0 aromatic heterocycles. The zero-order valence-electron chi connectivity index (χ0n) is 15.1. The number of benzene rings is 2. The van der Waals surface area contributed by atoms with E-state index in [1.807, 2.05) is 24.3 Å². The normalized spacial score (nSPS) is 11.7. The number of hydrogen-bond donors (Lipinski definition) is 2. The third-order valence-electron chi connectivity index (χ3n) is 4.34. The molecule has 0 saturated heterocycles. The number of aliphatic carboxylic acids is 1. The van der Waals surface area contributed by atoms with E-state index in [-0.39, 0.29) is 12.2 Å². The van der Waals surface area contributed by atoms with Crippen LogP contribution in [-0.2, 0) is 22.6 Å². The standard InChI is InChI=1S/C21H24FNO4/c22-17-10-6-16(7-11-17)14-27-18-12-8-15(9-13-18)4-2-1-3-5-19(20(23)24)21(25)26/h6-13,19H,1-5,14H2,(H2,23,24)(H,25,26). The molecule has 0 fully saturated rings. The number of aryl methyl sites for hydroxylation is 1. The molecule has 6 heteroatoms. The van der Waals surface area contributed by atoms with E-state index in [0.717, 1.165) is 36.1 Å². The van der Waals surface area contributed by atoms with Gasteiger partial charge in [-0.15, -0.1) is 0 Å². The molecule has 5 nitrogen and oxygen atoms in total. The zero-order valence-corrected chi connectivity index (χ0v) is 15.1. The van der Waals surface area contributed by atoms with E-state index in [4.69, 9.17) is 15.6 Å². The first-order valence-corrected chi connectivity index (χ1v) is 8.94. The molecule has 1 atom stereocenters. The van der Waals surface area contributed by atoms with Crippen LogP contribution in [0.5, 0.6) is 5.75 Å². The van der Waals surface area contributed by atoms with Gasteiger partial charge in [-0.05, 0) is 54.7 Å². The highest BCUT2D eigenvalue weighted by atomic mass is 19.1.